The number of sulfonamides is 1. The highest BCUT2D eigenvalue weighted by Gasteiger charge is 2.17. The fraction of sp³-hybridized carbons (Fsp3) is 0.0714. The van der Waals surface area contributed by atoms with Crippen LogP contribution in [-0.2, 0) is 10.0 Å². The number of nitrogens with one attached hydrogen (secondary N) is 1. The fourth-order valence-corrected chi connectivity index (χ4v) is 3.08. The van der Waals surface area contributed by atoms with E-state index in [1.165, 1.54) is 12.1 Å². The molecular weight excluding hydrogens is 358 g/mol. The Bertz CT molecular complexity index is 785. The molecule has 0 aromatic heterocycles. The van der Waals surface area contributed by atoms with Gasteiger partial charge in [0.2, 0.25) is 0 Å². The van der Waals surface area contributed by atoms with Gasteiger partial charge in [-0.15, -0.1) is 0 Å². The highest BCUT2D eigenvalue weighted by atomic mass is 79.9. The van der Waals surface area contributed by atoms with Crippen LogP contribution in [0, 0.1) is 6.92 Å². The summed E-state index contributed by atoms with van der Waals surface area (Å²) >= 11 is 3.26. The van der Waals surface area contributed by atoms with Crippen molar-refractivity contribution in [1.29, 1.82) is 0 Å². The van der Waals surface area contributed by atoms with Crippen LogP contribution in [0.25, 0.3) is 0 Å². The maximum Gasteiger partial charge on any atom is 0.335 e. The van der Waals surface area contributed by atoms with E-state index in [9.17, 15) is 13.2 Å². The van der Waals surface area contributed by atoms with E-state index in [2.05, 4.69) is 20.7 Å². The topological polar surface area (TPSA) is 83.5 Å². The second kappa shape index (κ2) is 5.87. The Morgan fingerprint density at radius 1 is 1.14 bits per heavy atom. The molecular formula is C14H12BrNO4S. The average Bonchev–Trinajstić information content (AvgIpc) is 2.41. The van der Waals surface area contributed by atoms with Crippen LogP contribution in [0.4, 0.5) is 5.69 Å². The molecule has 2 N–H and O–H groups in total. The second-order valence-electron chi connectivity index (χ2n) is 4.39. The van der Waals surface area contributed by atoms with Crippen molar-refractivity contribution in [3.8, 4) is 0 Å². The van der Waals surface area contributed by atoms with E-state index in [0.29, 0.717) is 11.3 Å². The van der Waals surface area contributed by atoms with Crippen LogP contribution in [0.2, 0.25) is 0 Å². The highest BCUT2D eigenvalue weighted by molar-refractivity contribution is 9.10. The first-order chi connectivity index (χ1) is 9.79. The molecule has 0 radical (unpaired) electrons. The van der Waals surface area contributed by atoms with Crippen molar-refractivity contribution in [2.75, 3.05) is 4.72 Å². The lowest BCUT2D eigenvalue weighted by Gasteiger charge is -2.10. The van der Waals surface area contributed by atoms with Gasteiger partial charge in [0, 0.05) is 10.2 Å². The predicted octanol–water partition coefficient (Wildman–Crippen LogP) is 3.26. The lowest BCUT2D eigenvalue weighted by molar-refractivity contribution is 0.0696. The maximum absolute atomic E-state index is 12.3. The van der Waals surface area contributed by atoms with Crippen LogP contribution < -0.4 is 4.72 Å². The van der Waals surface area contributed by atoms with E-state index < -0.39 is 16.0 Å². The third-order valence-electron chi connectivity index (χ3n) is 2.85. The molecule has 0 amide bonds. The van der Waals surface area contributed by atoms with Crippen LogP contribution in [0.1, 0.15) is 15.9 Å². The SMILES string of the molecule is Cc1ccc(S(=O)(=O)Nc2ccc(Br)cc2)cc1C(=O)O. The standard InChI is InChI=1S/C14H12BrNO4S/c1-9-2-7-12(8-13(9)14(17)18)21(19,20)16-11-5-3-10(15)4-6-11/h2-8,16H,1H3,(H,17,18). The Labute approximate surface area is 130 Å². The quantitative estimate of drug-likeness (QED) is 0.866. The number of halogens is 1. The monoisotopic (exact) mass is 369 g/mol. The summed E-state index contributed by atoms with van der Waals surface area (Å²) < 4.78 is 27.7. The van der Waals surface area contributed by atoms with Crippen LogP contribution in [0.3, 0.4) is 0 Å². The molecule has 0 saturated carbocycles. The minimum Gasteiger partial charge on any atom is -0.478 e. The van der Waals surface area contributed by atoms with Crippen LogP contribution in [-0.4, -0.2) is 19.5 Å². The van der Waals surface area contributed by atoms with Gasteiger partial charge in [-0.25, -0.2) is 13.2 Å². The van der Waals surface area contributed by atoms with Gasteiger partial charge in [-0.05, 0) is 48.9 Å². The Kier molecular flexibility index (Phi) is 4.34. The fourth-order valence-electron chi connectivity index (χ4n) is 1.73. The first kappa shape index (κ1) is 15.5. The number of aromatic carboxylic acids is 1. The summed E-state index contributed by atoms with van der Waals surface area (Å²) in [5.41, 5.74) is 0.870. The summed E-state index contributed by atoms with van der Waals surface area (Å²) in [4.78, 5) is 11.0. The molecule has 0 bridgehead atoms. The normalized spacial score (nSPS) is 11.1. The van der Waals surface area contributed by atoms with Gasteiger partial charge in [0.25, 0.3) is 10.0 Å². The second-order valence-corrected chi connectivity index (χ2v) is 6.99. The number of hydrogen-bond donors (Lipinski definition) is 2. The number of carboxylic acid groups (broad SMARTS) is 1. The first-order valence-corrected chi connectivity index (χ1v) is 8.19. The van der Waals surface area contributed by atoms with Crippen LogP contribution in [0.15, 0.2) is 51.8 Å². The zero-order valence-corrected chi connectivity index (χ0v) is 13.4. The van der Waals surface area contributed by atoms with Crippen molar-refractivity contribution >= 4 is 37.6 Å². The highest BCUT2D eigenvalue weighted by Crippen LogP contribution is 2.20. The number of aryl methyl sites for hydroxylation is 1. The number of anilines is 1. The molecule has 7 heteroatoms. The largest absolute Gasteiger partial charge is 0.478 e. The van der Waals surface area contributed by atoms with Crippen molar-refractivity contribution in [3.63, 3.8) is 0 Å². The molecule has 2 aromatic carbocycles. The van der Waals surface area contributed by atoms with Crippen molar-refractivity contribution in [2.45, 2.75) is 11.8 Å². The zero-order valence-electron chi connectivity index (χ0n) is 11.0. The Morgan fingerprint density at radius 3 is 2.33 bits per heavy atom. The van der Waals surface area contributed by atoms with Crippen molar-refractivity contribution < 1.29 is 18.3 Å². The Balaban J connectivity index is 2.38. The third-order valence-corrected chi connectivity index (χ3v) is 4.75. The molecule has 0 atom stereocenters. The van der Waals surface area contributed by atoms with Crippen LogP contribution in [0.5, 0.6) is 0 Å². The molecule has 0 unspecified atom stereocenters. The van der Waals surface area contributed by atoms with Gasteiger partial charge in [-0.2, -0.15) is 0 Å². The molecule has 0 aliphatic rings. The Hall–Kier alpha value is -1.86. The van der Waals surface area contributed by atoms with E-state index in [4.69, 9.17) is 5.11 Å². The summed E-state index contributed by atoms with van der Waals surface area (Å²) in [7, 11) is -3.83. The van der Waals surface area contributed by atoms with E-state index in [-0.39, 0.29) is 10.5 Å². The van der Waals surface area contributed by atoms with Gasteiger partial charge in [-0.3, -0.25) is 4.72 Å². The third kappa shape index (κ3) is 3.62. The maximum atomic E-state index is 12.3. The number of benzene rings is 2. The van der Waals surface area contributed by atoms with E-state index >= 15 is 0 Å². The molecule has 2 aromatic rings. The lowest BCUT2D eigenvalue weighted by atomic mass is 10.1. The minimum atomic E-state index is -3.83. The summed E-state index contributed by atoms with van der Waals surface area (Å²) in [6.07, 6.45) is 0. The van der Waals surface area contributed by atoms with Crippen molar-refractivity contribution in [3.05, 3.63) is 58.1 Å². The van der Waals surface area contributed by atoms with Gasteiger partial charge in [-0.1, -0.05) is 22.0 Å². The van der Waals surface area contributed by atoms with E-state index in [0.717, 1.165) is 10.5 Å². The van der Waals surface area contributed by atoms with Gasteiger partial charge < -0.3 is 5.11 Å². The molecule has 5 nitrogen and oxygen atoms in total. The minimum absolute atomic E-state index is 0.0336. The Morgan fingerprint density at radius 2 is 1.76 bits per heavy atom. The van der Waals surface area contributed by atoms with E-state index in [1.807, 2.05) is 0 Å². The van der Waals surface area contributed by atoms with Crippen molar-refractivity contribution in [2.24, 2.45) is 0 Å². The molecule has 0 heterocycles. The number of hydrogen-bond acceptors (Lipinski definition) is 3. The smallest absolute Gasteiger partial charge is 0.335 e. The van der Waals surface area contributed by atoms with Gasteiger partial charge in [0.05, 0.1) is 10.5 Å². The lowest BCUT2D eigenvalue weighted by Crippen LogP contribution is -2.14. The summed E-state index contributed by atoms with van der Waals surface area (Å²) in [6.45, 7) is 1.61. The molecule has 2 rings (SSSR count). The molecule has 0 aliphatic carbocycles. The first-order valence-electron chi connectivity index (χ1n) is 5.92. The summed E-state index contributed by atoms with van der Waals surface area (Å²) in [5.74, 6) is -1.16. The molecule has 0 aliphatic heterocycles. The van der Waals surface area contributed by atoms with Gasteiger partial charge in [0.1, 0.15) is 0 Å². The molecule has 0 saturated heterocycles. The number of carboxylic acids is 1. The number of rotatable bonds is 4. The molecule has 0 fully saturated rings. The van der Waals surface area contributed by atoms with E-state index in [1.54, 1.807) is 31.2 Å². The zero-order chi connectivity index (χ0) is 15.6. The van der Waals surface area contributed by atoms with Crippen molar-refractivity contribution in [1.82, 2.24) is 0 Å². The van der Waals surface area contributed by atoms with Gasteiger partial charge >= 0.3 is 5.97 Å². The number of carbonyl (C=O) groups is 1. The molecule has 110 valence electrons. The molecule has 21 heavy (non-hydrogen) atoms. The predicted molar refractivity (Wildman–Crippen MR) is 83.1 cm³/mol. The van der Waals surface area contributed by atoms with Crippen LogP contribution >= 0.6 is 15.9 Å². The van der Waals surface area contributed by atoms with Gasteiger partial charge in [0.15, 0.2) is 0 Å². The average molecular weight is 370 g/mol. The summed E-state index contributed by atoms with van der Waals surface area (Å²) in [6, 6.07) is 10.6. The molecule has 0 spiro atoms. The summed E-state index contributed by atoms with van der Waals surface area (Å²) in [5, 5.41) is 9.06.